The van der Waals surface area contributed by atoms with Crippen LogP contribution in [0, 0.1) is 5.31 Å². The molecule has 3 nitrogen and oxygen atoms in total. The zero-order valence-corrected chi connectivity index (χ0v) is 5.66. The Hall–Kier alpha value is -1.19. The molecule has 0 unspecified atom stereocenters. The first kappa shape index (κ1) is 6.93. The molecule has 0 aliphatic rings. The summed E-state index contributed by atoms with van der Waals surface area (Å²) in [6.07, 6.45) is 3.29. The van der Waals surface area contributed by atoms with Crippen molar-refractivity contribution >= 4 is 13.0 Å². The molecule has 50 valence electrons. The third kappa shape index (κ3) is 1.21. The Labute approximate surface area is 59.4 Å². The normalized spacial score (nSPS) is 8.90. The molecular weight excluding hydrogens is 127 g/mol. The minimum atomic E-state index is 0.0283. The van der Waals surface area contributed by atoms with Crippen LogP contribution < -0.4 is 0 Å². The standard InChI is InChI=1S/C6H7BN2O/c1-5(10)6-2-3-9(4-6)7-8/h2-4,8H,1H3. The topological polar surface area (TPSA) is 45.9 Å². The molecule has 0 amide bonds. The van der Waals surface area contributed by atoms with E-state index < -0.39 is 0 Å². The number of ketones is 1. The number of carbonyl (C=O) groups excluding carboxylic acids is 1. The van der Waals surface area contributed by atoms with Crippen molar-refractivity contribution in [2.75, 3.05) is 0 Å². The van der Waals surface area contributed by atoms with Gasteiger partial charge in [0, 0.05) is 0 Å². The van der Waals surface area contributed by atoms with Crippen LogP contribution in [0.25, 0.3) is 0 Å². The van der Waals surface area contributed by atoms with E-state index in [1.165, 1.54) is 11.4 Å². The van der Waals surface area contributed by atoms with Gasteiger partial charge in [-0.3, -0.25) is 0 Å². The van der Waals surface area contributed by atoms with Gasteiger partial charge in [-0.25, -0.2) is 0 Å². The Balaban J connectivity index is 2.98. The van der Waals surface area contributed by atoms with Gasteiger partial charge in [0.2, 0.25) is 0 Å². The molecule has 1 aromatic rings. The van der Waals surface area contributed by atoms with Crippen LogP contribution in [0.15, 0.2) is 18.5 Å². The SMILES string of the molecule is CC(=O)c1ccn(B=N)c1. The van der Waals surface area contributed by atoms with Crippen molar-refractivity contribution in [3.05, 3.63) is 24.0 Å². The molecule has 1 rings (SSSR count). The van der Waals surface area contributed by atoms with Crippen molar-refractivity contribution in [1.82, 2.24) is 4.48 Å². The Morgan fingerprint density at radius 1 is 1.80 bits per heavy atom. The summed E-state index contributed by atoms with van der Waals surface area (Å²) in [7, 11) is 1.15. The predicted molar refractivity (Wildman–Crippen MR) is 38.3 cm³/mol. The van der Waals surface area contributed by atoms with E-state index in [2.05, 4.69) is 0 Å². The van der Waals surface area contributed by atoms with Crippen LogP contribution in [0.1, 0.15) is 17.3 Å². The molecule has 10 heavy (non-hydrogen) atoms. The Morgan fingerprint density at radius 3 is 2.80 bits per heavy atom. The van der Waals surface area contributed by atoms with Gasteiger partial charge < -0.3 is 0 Å². The maximum atomic E-state index is 10.7. The maximum absolute atomic E-state index is 10.7. The van der Waals surface area contributed by atoms with Crippen LogP contribution in [0.2, 0.25) is 0 Å². The summed E-state index contributed by atoms with van der Waals surface area (Å²) in [5.41, 5.74) is 0.642. The first-order valence-corrected chi connectivity index (χ1v) is 2.93. The van der Waals surface area contributed by atoms with Crippen molar-refractivity contribution in [2.45, 2.75) is 6.92 Å². The molecule has 0 aliphatic heterocycles. The van der Waals surface area contributed by atoms with Gasteiger partial charge in [-0.1, -0.05) is 0 Å². The summed E-state index contributed by atoms with van der Waals surface area (Å²) in [6.45, 7) is 1.50. The van der Waals surface area contributed by atoms with E-state index in [0.29, 0.717) is 5.56 Å². The number of hydrogen-bond acceptors (Lipinski definition) is 2. The van der Waals surface area contributed by atoms with E-state index in [9.17, 15) is 4.79 Å². The molecule has 0 saturated carbocycles. The molecular formula is C6H7BN2O. The summed E-state index contributed by atoms with van der Waals surface area (Å²) in [4.78, 5) is 10.7. The zero-order chi connectivity index (χ0) is 7.56. The summed E-state index contributed by atoms with van der Waals surface area (Å²) in [5, 5.41) is 6.82. The van der Waals surface area contributed by atoms with E-state index in [1.54, 1.807) is 18.5 Å². The van der Waals surface area contributed by atoms with Crippen molar-refractivity contribution in [1.29, 1.82) is 5.31 Å². The van der Waals surface area contributed by atoms with Gasteiger partial charge in [-0.05, 0) is 0 Å². The van der Waals surface area contributed by atoms with Gasteiger partial charge in [0.1, 0.15) is 0 Å². The Kier molecular flexibility index (Phi) is 1.80. The second-order valence-electron chi connectivity index (χ2n) is 2.03. The fourth-order valence-electron chi connectivity index (χ4n) is 0.702. The first-order chi connectivity index (χ1) is 4.74. The second-order valence-corrected chi connectivity index (χ2v) is 2.03. The van der Waals surface area contributed by atoms with Gasteiger partial charge in [-0.15, -0.1) is 0 Å². The third-order valence-electron chi connectivity index (χ3n) is 1.27. The van der Waals surface area contributed by atoms with Gasteiger partial charge in [0.25, 0.3) is 0 Å². The van der Waals surface area contributed by atoms with E-state index in [1.807, 2.05) is 0 Å². The third-order valence-corrected chi connectivity index (χ3v) is 1.27. The molecule has 0 aromatic carbocycles. The Morgan fingerprint density at radius 2 is 2.50 bits per heavy atom. The van der Waals surface area contributed by atoms with Crippen LogP contribution >= 0.6 is 0 Å². The van der Waals surface area contributed by atoms with E-state index in [4.69, 9.17) is 5.31 Å². The average Bonchev–Trinajstić information content (AvgIpc) is 2.34. The number of rotatable bonds is 2. The van der Waals surface area contributed by atoms with Crippen LogP contribution in [0.5, 0.6) is 0 Å². The summed E-state index contributed by atoms with van der Waals surface area (Å²) >= 11 is 0. The van der Waals surface area contributed by atoms with E-state index in [0.717, 1.165) is 7.21 Å². The molecule has 1 aromatic heterocycles. The average molecular weight is 134 g/mol. The summed E-state index contributed by atoms with van der Waals surface area (Å²) < 4.78 is 1.52. The quantitative estimate of drug-likeness (QED) is 0.474. The fraction of sp³-hybridized carbons (Fsp3) is 0.167. The fourth-order valence-corrected chi connectivity index (χ4v) is 0.702. The number of Topliss-reactive ketones (excluding diaryl/α,β-unsaturated/α-hetero) is 1. The van der Waals surface area contributed by atoms with Gasteiger partial charge >= 0.3 is 58.5 Å². The van der Waals surface area contributed by atoms with E-state index >= 15 is 0 Å². The summed E-state index contributed by atoms with van der Waals surface area (Å²) in [6, 6.07) is 1.69. The molecule has 4 heteroatoms. The molecule has 1 N–H and O–H groups in total. The van der Waals surface area contributed by atoms with Gasteiger partial charge in [0.15, 0.2) is 0 Å². The number of nitrogens with zero attached hydrogens (tertiary/aromatic N) is 1. The molecule has 0 radical (unpaired) electrons. The van der Waals surface area contributed by atoms with Crippen LogP contribution in [0.3, 0.4) is 0 Å². The van der Waals surface area contributed by atoms with E-state index in [-0.39, 0.29) is 5.78 Å². The Bertz CT molecular complexity index is 266. The molecule has 0 atom stereocenters. The monoisotopic (exact) mass is 134 g/mol. The molecule has 1 heterocycles. The predicted octanol–water partition coefficient (Wildman–Crippen LogP) is 0.920. The van der Waals surface area contributed by atoms with Crippen LogP contribution in [-0.2, 0) is 0 Å². The van der Waals surface area contributed by atoms with Crippen molar-refractivity contribution in [3.63, 3.8) is 0 Å². The van der Waals surface area contributed by atoms with Crippen LogP contribution in [-0.4, -0.2) is 17.5 Å². The van der Waals surface area contributed by atoms with Crippen molar-refractivity contribution in [2.24, 2.45) is 0 Å². The zero-order valence-electron chi connectivity index (χ0n) is 5.66. The molecule has 0 saturated heterocycles. The molecule has 0 fully saturated rings. The second kappa shape index (κ2) is 2.60. The minimum absolute atomic E-state index is 0.0283. The number of hydrogen-bond donors (Lipinski definition) is 1. The van der Waals surface area contributed by atoms with Gasteiger partial charge in [-0.2, -0.15) is 0 Å². The van der Waals surface area contributed by atoms with Crippen LogP contribution in [0.4, 0.5) is 0 Å². The summed E-state index contributed by atoms with van der Waals surface area (Å²) in [5.74, 6) is 0.0283. The van der Waals surface area contributed by atoms with Gasteiger partial charge in [0.05, 0.1) is 0 Å². The molecule has 0 spiro atoms. The molecule has 0 aliphatic carbocycles. The van der Waals surface area contributed by atoms with Crippen molar-refractivity contribution in [3.8, 4) is 0 Å². The first-order valence-electron chi connectivity index (χ1n) is 2.93. The number of aromatic nitrogens is 1. The van der Waals surface area contributed by atoms with Crippen molar-refractivity contribution < 1.29 is 4.79 Å². The molecule has 0 bridgehead atoms. The number of nitrogens with one attached hydrogen (secondary N) is 1. The number of carbonyl (C=O) groups is 1.